The molecule has 0 spiro atoms. The molecule has 160 valence electrons. The van der Waals surface area contributed by atoms with Crippen LogP contribution in [0.4, 0.5) is 5.13 Å². The third-order valence-electron chi connectivity index (χ3n) is 5.58. The van der Waals surface area contributed by atoms with E-state index < -0.39 is 17.7 Å². The predicted octanol–water partition coefficient (Wildman–Crippen LogP) is 5.72. The van der Waals surface area contributed by atoms with E-state index in [2.05, 4.69) is 25.8 Å². The number of nitrogens with zero attached hydrogens (tertiary/aromatic N) is 2. The van der Waals surface area contributed by atoms with Crippen molar-refractivity contribution < 1.29 is 14.7 Å². The van der Waals surface area contributed by atoms with Gasteiger partial charge in [0.15, 0.2) is 16.7 Å². The molecule has 1 aromatic heterocycles. The van der Waals surface area contributed by atoms with Gasteiger partial charge in [-0.05, 0) is 28.7 Å². The number of hydrogen-bond acceptors (Lipinski definition) is 5. The minimum absolute atomic E-state index is 0.0225. The maximum absolute atomic E-state index is 13.2. The van der Waals surface area contributed by atoms with E-state index in [9.17, 15) is 14.7 Å². The molecule has 2 aromatic carbocycles. The van der Waals surface area contributed by atoms with E-state index in [1.807, 2.05) is 48.5 Å². The van der Waals surface area contributed by atoms with Gasteiger partial charge in [-0.25, -0.2) is 4.98 Å². The zero-order valence-corrected chi connectivity index (χ0v) is 19.2. The summed E-state index contributed by atoms with van der Waals surface area (Å²) in [6.45, 7) is 9.94. The normalized spacial score (nSPS) is 17.3. The number of aliphatic hydroxyl groups is 1. The molecule has 1 atom stereocenters. The van der Waals surface area contributed by atoms with E-state index in [0.717, 1.165) is 21.3 Å². The van der Waals surface area contributed by atoms with Gasteiger partial charge in [0.05, 0.1) is 21.8 Å². The van der Waals surface area contributed by atoms with Crippen LogP contribution in [0.25, 0.3) is 10.2 Å². The molecule has 1 unspecified atom stereocenters. The van der Waals surface area contributed by atoms with E-state index in [1.54, 1.807) is 13.8 Å². The van der Waals surface area contributed by atoms with Gasteiger partial charge in [0.2, 0.25) is 0 Å². The number of rotatable bonds is 4. The molecule has 3 aromatic rings. The molecule has 1 aliphatic heterocycles. The van der Waals surface area contributed by atoms with Crippen LogP contribution in [0.3, 0.4) is 0 Å². The van der Waals surface area contributed by atoms with Gasteiger partial charge < -0.3 is 5.11 Å². The third kappa shape index (κ3) is 3.65. The van der Waals surface area contributed by atoms with Crippen molar-refractivity contribution in [1.29, 1.82) is 0 Å². The number of aliphatic hydroxyl groups excluding tert-OH is 1. The third-order valence-corrected chi connectivity index (χ3v) is 6.61. The second kappa shape index (κ2) is 7.61. The van der Waals surface area contributed by atoms with Crippen molar-refractivity contribution in [1.82, 2.24) is 4.98 Å². The minimum Gasteiger partial charge on any atom is -0.503 e. The molecule has 2 heterocycles. The molecule has 1 amide bonds. The van der Waals surface area contributed by atoms with Gasteiger partial charge in [-0.15, -0.1) is 0 Å². The summed E-state index contributed by atoms with van der Waals surface area (Å²) in [6.07, 6.45) is 0. The average molecular weight is 435 g/mol. The van der Waals surface area contributed by atoms with Crippen molar-refractivity contribution in [3.8, 4) is 0 Å². The maximum atomic E-state index is 13.2. The zero-order chi connectivity index (χ0) is 22.5. The summed E-state index contributed by atoms with van der Waals surface area (Å²) in [6, 6.07) is 14.8. The Morgan fingerprint density at radius 3 is 2.32 bits per heavy atom. The Balaban J connectivity index is 1.87. The summed E-state index contributed by atoms with van der Waals surface area (Å²) in [5.41, 5.74) is 2.82. The Bertz CT molecular complexity index is 1170. The average Bonchev–Trinajstić information content (AvgIpc) is 3.25. The molecule has 5 nitrogen and oxygen atoms in total. The molecule has 31 heavy (non-hydrogen) atoms. The first-order valence-electron chi connectivity index (χ1n) is 10.4. The molecular weight excluding hydrogens is 408 g/mol. The predicted molar refractivity (Wildman–Crippen MR) is 124 cm³/mol. The Hall–Kier alpha value is -2.99. The lowest BCUT2D eigenvalue weighted by molar-refractivity contribution is -0.119. The molecule has 0 aliphatic carbocycles. The smallest absolute Gasteiger partial charge is 0.296 e. The van der Waals surface area contributed by atoms with Gasteiger partial charge in [0, 0.05) is 5.92 Å². The van der Waals surface area contributed by atoms with E-state index >= 15 is 0 Å². The van der Waals surface area contributed by atoms with Crippen LogP contribution in [-0.2, 0) is 15.0 Å². The standard InChI is InChI=1S/C25H26N2O3S/c1-14(2)21(28)19-20(15-10-12-16(13-11-15)25(3,4)5)27(23(30)22(19)29)24-26-17-8-6-7-9-18(17)31-24/h6-14,20,29H,1-5H3. The number of Topliss-reactive ketones (excluding diaryl/α,β-unsaturated/α-hetero) is 1. The number of para-hydroxylation sites is 1. The van der Waals surface area contributed by atoms with Gasteiger partial charge in [0.25, 0.3) is 5.91 Å². The van der Waals surface area contributed by atoms with Crippen molar-refractivity contribution in [2.45, 2.75) is 46.1 Å². The lowest BCUT2D eigenvalue weighted by Gasteiger charge is -2.26. The lowest BCUT2D eigenvalue weighted by atomic mass is 9.85. The van der Waals surface area contributed by atoms with Crippen LogP contribution in [0.2, 0.25) is 0 Å². The molecule has 0 radical (unpaired) electrons. The number of carbonyl (C=O) groups is 2. The van der Waals surface area contributed by atoms with Crippen molar-refractivity contribution in [2.75, 3.05) is 4.90 Å². The van der Waals surface area contributed by atoms with Crippen LogP contribution >= 0.6 is 11.3 Å². The molecule has 4 rings (SSSR count). The highest BCUT2D eigenvalue weighted by molar-refractivity contribution is 7.22. The Kier molecular flexibility index (Phi) is 5.21. The van der Waals surface area contributed by atoms with E-state index in [1.165, 1.54) is 16.2 Å². The number of aromatic nitrogens is 1. The van der Waals surface area contributed by atoms with Gasteiger partial charge >= 0.3 is 0 Å². The molecule has 0 fully saturated rings. The number of carbonyl (C=O) groups excluding carboxylic acids is 2. The maximum Gasteiger partial charge on any atom is 0.296 e. The Morgan fingerprint density at radius 2 is 1.74 bits per heavy atom. The van der Waals surface area contributed by atoms with Crippen molar-refractivity contribution in [2.24, 2.45) is 5.92 Å². The largest absolute Gasteiger partial charge is 0.503 e. The zero-order valence-electron chi connectivity index (χ0n) is 18.3. The second-order valence-corrected chi connectivity index (χ2v) is 10.2. The van der Waals surface area contributed by atoms with E-state index in [-0.39, 0.29) is 22.7 Å². The minimum atomic E-state index is -0.711. The number of hydrogen-bond donors (Lipinski definition) is 1. The molecule has 1 N–H and O–H groups in total. The second-order valence-electron chi connectivity index (χ2n) is 9.20. The molecule has 6 heteroatoms. The van der Waals surface area contributed by atoms with Crippen LogP contribution in [0.5, 0.6) is 0 Å². The van der Waals surface area contributed by atoms with Gasteiger partial charge in [-0.2, -0.15) is 0 Å². The fourth-order valence-corrected chi connectivity index (χ4v) is 4.80. The summed E-state index contributed by atoms with van der Waals surface area (Å²) in [5, 5.41) is 11.2. The molecular formula is C25H26N2O3S. The van der Waals surface area contributed by atoms with Crippen LogP contribution in [0.15, 0.2) is 59.9 Å². The van der Waals surface area contributed by atoms with Crippen molar-refractivity contribution in [3.05, 3.63) is 71.0 Å². The molecule has 0 saturated heterocycles. The SMILES string of the molecule is CC(C)C(=O)C1=C(O)C(=O)N(c2nc3ccccc3s2)C1c1ccc(C(C)(C)C)cc1. The van der Waals surface area contributed by atoms with Crippen LogP contribution in [0, 0.1) is 5.92 Å². The summed E-state index contributed by atoms with van der Waals surface area (Å²) >= 11 is 1.37. The molecule has 1 aliphatic rings. The van der Waals surface area contributed by atoms with Crippen molar-refractivity contribution in [3.63, 3.8) is 0 Å². The molecule has 0 bridgehead atoms. The number of benzene rings is 2. The first kappa shape index (κ1) is 21.2. The monoisotopic (exact) mass is 434 g/mol. The number of anilines is 1. The molecule has 0 saturated carbocycles. The number of thiazole rings is 1. The first-order chi connectivity index (χ1) is 14.6. The summed E-state index contributed by atoms with van der Waals surface area (Å²) in [4.78, 5) is 32.3. The highest BCUT2D eigenvalue weighted by Crippen LogP contribution is 2.44. The Morgan fingerprint density at radius 1 is 1.10 bits per heavy atom. The quantitative estimate of drug-likeness (QED) is 0.570. The lowest BCUT2D eigenvalue weighted by Crippen LogP contribution is -2.31. The van der Waals surface area contributed by atoms with E-state index in [4.69, 9.17) is 0 Å². The number of amides is 1. The van der Waals surface area contributed by atoms with Gasteiger partial charge in [-0.3, -0.25) is 14.5 Å². The van der Waals surface area contributed by atoms with Gasteiger partial charge in [0.1, 0.15) is 0 Å². The highest BCUT2D eigenvalue weighted by Gasteiger charge is 2.46. The first-order valence-corrected chi connectivity index (χ1v) is 11.2. The van der Waals surface area contributed by atoms with Crippen molar-refractivity contribution >= 4 is 38.4 Å². The van der Waals surface area contributed by atoms with Crippen LogP contribution in [-0.4, -0.2) is 21.8 Å². The van der Waals surface area contributed by atoms with Crippen LogP contribution < -0.4 is 4.90 Å². The summed E-state index contributed by atoms with van der Waals surface area (Å²) in [7, 11) is 0. The summed E-state index contributed by atoms with van der Waals surface area (Å²) < 4.78 is 0.940. The fraction of sp³-hybridized carbons (Fsp3) is 0.320. The highest BCUT2D eigenvalue weighted by atomic mass is 32.1. The van der Waals surface area contributed by atoms with Gasteiger partial charge in [-0.1, -0.05) is 82.4 Å². The number of ketones is 1. The Labute approximate surface area is 186 Å². The topological polar surface area (TPSA) is 70.5 Å². The number of fused-ring (bicyclic) bond motifs is 1. The van der Waals surface area contributed by atoms with E-state index in [0.29, 0.717) is 5.13 Å². The van der Waals surface area contributed by atoms with Crippen LogP contribution in [0.1, 0.15) is 51.8 Å². The fourth-order valence-electron chi connectivity index (χ4n) is 3.81. The summed E-state index contributed by atoms with van der Waals surface area (Å²) in [5.74, 6) is -1.66.